The Morgan fingerprint density at radius 2 is 1.45 bits per heavy atom. The summed E-state index contributed by atoms with van der Waals surface area (Å²) in [5.74, 6) is -1.57. The molecule has 0 radical (unpaired) electrons. The van der Waals surface area contributed by atoms with Crippen molar-refractivity contribution in [1.82, 2.24) is 0 Å². The van der Waals surface area contributed by atoms with Crippen LogP contribution in [0.5, 0.6) is 5.75 Å². The number of carbonyl (C=O) groups excluding carboxylic acids is 2. The molecule has 0 aromatic heterocycles. The summed E-state index contributed by atoms with van der Waals surface area (Å²) in [6, 6.07) is 13.7. The Morgan fingerprint density at radius 1 is 0.879 bits per heavy atom. The molecular weight excluding hydrogens is 441 g/mol. The Morgan fingerprint density at radius 3 is 1.94 bits per heavy atom. The molecule has 2 aromatic carbocycles. The summed E-state index contributed by atoms with van der Waals surface area (Å²) in [4.78, 5) is 23.8. The van der Waals surface area contributed by atoms with E-state index in [9.17, 15) is 22.8 Å². The van der Waals surface area contributed by atoms with Crippen LogP contribution in [0.1, 0.15) is 36.8 Å². The summed E-state index contributed by atoms with van der Waals surface area (Å²) in [7, 11) is 2.35. The Bertz CT molecular complexity index is 899. The van der Waals surface area contributed by atoms with Gasteiger partial charge in [-0.1, -0.05) is 42.5 Å². The Kier molecular flexibility index (Phi) is 9.28. The topological polar surface area (TPSA) is 71.1 Å². The first-order chi connectivity index (χ1) is 15.7. The Hall–Kier alpha value is -3.07. The minimum Gasteiger partial charge on any atom is -0.497 e. The molecule has 2 atom stereocenters. The van der Waals surface area contributed by atoms with Crippen molar-refractivity contribution in [2.24, 2.45) is 0 Å². The van der Waals surface area contributed by atoms with E-state index in [2.05, 4.69) is 0 Å². The number of ether oxygens (including phenoxy) is 4. The molecular formula is C24H27F3O6. The van der Waals surface area contributed by atoms with Crippen LogP contribution < -0.4 is 4.74 Å². The molecule has 33 heavy (non-hydrogen) atoms. The van der Waals surface area contributed by atoms with Gasteiger partial charge in [-0.3, -0.25) is 4.79 Å². The highest BCUT2D eigenvalue weighted by molar-refractivity contribution is 5.82. The third-order valence-electron chi connectivity index (χ3n) is 5.23. The zero-order valence-corrected chi connectivity index (χ0v) is 18.7. The van der Waals surface area contributed by atoms with E-state index in [1.165, 1.54) is 32.2 Å². The number of carbonyl (C=O) groups is 2. The molecule has 0 spiro atoms. The van der Waals surface area contributed by atoms with Crippen molar-refractivity contribution in [3.05, 3.63) is 65.7 Å². The molecule has 2 aromatic rings. The van der Waals surface area contributed by atoms with Crippen LogP contribution in [0.3, 0.4) is 0 Å². The molecule has 0 saturated carbocycles. The van der Waals surface area contributed by atoms with Gasteiger partial charge >= 0.3 is 18.1 Å². The first kappa shape index (κ1) is 26.2. The molecule has 0 unspecified atom stereocenters. The van der Waals surface area contributed by atoms with E-state index in [0.717, 1.165) is 24.8 Å². The summed E-state index contributed by atoms with van der Waals surface area (Å²) in [6.07, 6.45) is -4.42. The van der Waals surface area contributed by atoms with Crippen LogP contribution in [0.2, 0.25) is 0 Å². The lowest BCUT2D eigenvalue weighted by atomic mass is 9.92. The number of hydrogen-bond acceptors (Lipinski definition) is 6. The van der Waals surface area contributed by atoms with Crippen LogP contribution >= 0.6 is 0 Å². The van der Waals surface area contributed by atoms with E-state index in [-0.39, 0.29) is 31.1 Å². The number of esters is 2. The van der Waals surface area contributed by atoms with Crippen LogP contribution in [0, 0.1) is 0 Å². The van der Waals surface area contributed by atoms with Gasteiger partial charge in [0.15, 0.2) is 0 Å². The van der Waals surface area contributed by atoms with Gasteiger partial charge in [0.05, 0.1) is 20.3 Å². The number of alkyl halides is 3. The summed E-state index contributed by atoms with van der Waals surface area (Å²) in [5.41, 5.74) is -2.76. The van der Waals surface area contributed by atoms with Crippen molar-refractivity contribution in [3.63, 3.8) is 0 Å². The predicted molar refractivity (Wildman–Crippen MR) is 114 cm³/mol. The average Bonchev–Trinajstić information content (AvgIpc) is 2.78. The molecule has 9 heteroatoms. The number of methoxy groups -OCH3 is 2. The fraction of sp³-hybridized carbons (Fsp3) is 0.417. The highest BCUT2D eigenvalue weighted by Crippen LogP contribution is 2.43. The largest absolute Gasteiger partial charge is 0.497 e. The van der Waals surface area contributed by atoms with Crippen LogP contribution in [-0.2, 0) is 29.4 Å². The molecule has 0 aliphatic carbocycles. The fourth-order valence-corrected chi connectivity index (χ4v) is 3.48. The molecule has 0 aliphatic rings. The molecule has 0 bridgehead atoms. The zero-order chi connectivity index (χ0) is 24.5. The fourth-order valence-electron chi connectivity index (χ4n) is 3.48. The molecule has 6 nitrogen and oxygen atoms in total. The maximum atomic E-state index is 14.0. The lowest BCUT2D eigenvalue weighted by molar-refractivity contribution is -0.276. The van der Waals surface area contributed by atoms with Gasteiger partial charge in [-0.05, 0) is 36.5 Å². The first-order valence-electron chi connectivity index (χ1n) is 10.3. The lowest BCUT2D eigenvalue weighted by Crippen LogP contribution is -2.51. The van der Waals surface area contributed by atoms with Gasteiger partial charge in [0.2, 0.25) is 0 Å². The van der Waals surface area contributed by atoms with E-state index in [4.69, 9.17) is 18.9 Å². The van der Waals surface area contributed by atoms with Gasteiger partial charge in [0, 0.05) is 19.6 Å². The molecule has 0 N–H and O–H groups in total. The highest BCUT2D eigenvalue weighted by Gasteiger charge is 2.64. The molecule has 0 aliphatic heterocycles. The molecule has 0 heterocycles. The molecule has 0 fully saturated rings. The van der Waals surface area contributed by atoms with Crippen LogP contribution in [0.4, 0.5) is 13.2 Å². The smallest absolute Gasteiger partial charge is 0.432 e. The number of rotatable bonds is 11. The van der Waals surface area contributed by atoms with E-state index in [0.29, 0.717) is 12.2 Å². The van der Waals surface area contributed by atoms with Crippen molar-refractivity contribution in [2.75, 3.05) is 27.4 Å². The van der Waals surface area contributed by atoms with Gasteiger partial charge < -0.3 is 18.9 Å². The van der Waals surface area contributed by atoms with E-state index >= 15 is 0 Å². The Labute approximate surface area is 190 Å². The van der Waals surface area contributed by atoms with Crippen molar-refractivity contribution in [1.29, 1.82) is 0 Å². The third kappa shape index (κ3) is 6.47. The zero-order valence-electron chi connectivity index (χ0n) is 18.7. The summed E-state index contributed by atoms with van der Waals surface area (Å²) in [6.45, 7) is 1.12. The molecule has 180 valence electrons. The van der Waals surface area contributed by atoms with Crippen LogP contribution in [0.25, 0.3) is 0 Å². The minimum atomic E-state index is -5.04. The monoisotopic (exact) mass is 468 g/mol. The first-order valence-corrected chi connectivity index (χ1v) is 10.3. The maximum Gasteiger partial charge on any atom is 0.432 e. The van der Waals surface area contributed by atoms with Crippen molar-refractivity contribution in [2.45, 2.75) is 37.5 Å². The van der Waals surface area contributed by atoms with Crippen LogP contribution in [0.15, 0.2) is 54.6 Å². The number of benzene rings is 2. The number of halogens is 3. The number of hydrogen-bond donors (Lipinski definition) is 0. The molecule has 2 rings (SSSR count). The van der Waals surface area contributed by atoms with E-state index in [1.54, 1.807) is 24.3 Å². The van der Waals surface area contributed by atoms with E-state index in [1.807, 2.05) is 0 Å². The third-order valence-corrected chi connectivity index (χ3v) is 5.23. The second-order valence-corrected chi connectivity index (χ2v) is 7.27. The second kappa shape index (κ2) is 11.7. The van der Waals surface area contributed by atoms with Gasteiger partial charge in [-0.25, -0.2) is 4.79 Å². The average molecular weight is 468 g/mol. The van der Waals surface area contributed by atoms with Crippen molar-refractivity contribution < 1.29 is 41.7 Å². The van der Waals surface area contributed by atoms with Gasteiger partial charge in [-0.15, -0.1) is 0 Å². The normalized spacial score (nSPS) is 14.1. The standard InChI is InChI=1S/C24H27F3O6/c1-17(28)32-15-13-19(18-9-11-21(30-2)12-10-18)14-16-33-22(29)23(31-3,24(25,26)27)20-7-5-4-6-8-20/h4-12,19H,13-16H2,1-3H3/t19-,23+/m1/s1. The second-order valence-electron chi connectivity index (χ2n) is 7.27. The molecule has 0 saturated heterocycles. The predicted octanol–water partition coefficient (Wildman–Crippen LogP) is 4.77. The van der Waals surface area contributed by atoms with Gasteiger partial charge in [0.25, 0.3) is 5.60 Å². The summed E-state index contributed by atoms with van der Waals surface area (Å²) in [5, 5.41) is 0. The summed E-state index contributed by atoms with van der Waals surface area (Å²) < 4.78 is 61.9. The molecule has 0 amide bonds. The van der Waals surface area contributed by atoms with Gasteiger partial charge in [-0.2, -0.15) is 13.2 Å². The van der Waals surface area contributed by atoms with Crippen molar-refractivity contribution >= 4 is 11.9 Å². The highest BCUT2D eigenvalue weighted by atomic mass is 19.4. The lowest BCUT2D eigenvalue weighted by Gasteiger charge is -2.32. The minimum absolute atomic E-state index is 0.120. The maximum absolute atomic E-state index is 14.0. The van der Waals surface area contributed by atoms with Gasteiger partial charge in [0.1, 0.15) is 5.75 Å². The van der Waals surface area contributed by atoms with Crippen LogP contribution in [-0.4, -0.2) is 45.5 Å². The van der Waals surface area contributed by atoms with E-state index < -0.39 is 23.7 Å². The SMILES string of the molecule is COc1ccc([C@H](CCOC(C)=O)CCOC(=O)[C@@](OC)(c2ccccc2)C(F)(F)F)cc1. The Balaban J connectivity index is 2.16. The van der Waals surface area contributed by atoms with Crippen molar-refractivity contribution in [3.8, 4) is 5.75 Å². The quantitative estimate of drug-likeness (QED) is 0.443. The summed E-state index contributed by atoms with van der Waals surface area (Å²) >= 11 is 0.